The van der Waals surface area contributed by atoms with Gasteiger partial charge in [-0.3, -0.25) is 9.59 Å². The Kier molecular flexibility index (Phi) is 4.84. The average Bonchev–Trinajstić information content (AvgIpc) is 3.07. The highest BCUT2D eigenvalue weighted by Crippen LogP contribution is 2.21. The number of nitrogens with one attached hydrogen (secondary N) is 2. The summed E-state index contributed by atoms with van der Waals surface area (Å²) in [4.78, 5) is 39.0. The van der Waals surface area contributed by atoms with E-state index >= 15 is 0 Å². The summed E-state index contributed by atoms with van der Waals surface area (Å²) in [6.45, 7) is 6.26. The van der Waals surface area contributed by atoms with Crippen molar-refractivity contribution < 1.29 is 4.79 Å². The van der Waals surface area contributed by atoms with Gasteiger partial charge in [0.05, 0.1) is 5.25 Å². The van der Waals surface area contributed by atoms with Crippen molar-refractivity contribution in [1.29, 1.82) is 0 Å². The monoisotopic (exact) mass is 349 g/mol. The molecule has 0 unspecified atom stereocenters. The zero-order valence-electron chi connectivity index (χ0n) is 13.5. The molecule has 0 saturated carbocycles. The van der Waals surface area contributed by atoms with E-state index in [1.54, 1.807) is 6.92 Å². The van der Waals surface area contributed by atoms with E-state index in [1.807, 2.05) is 11.8 Å². The van der Waals surface area contributed by atoms with E-state index in [2.05, 4.69) is 30.0 Å². The van der Waals surface area contributed by atoms with E-state index in [9.17, 15) is 9.59 Å². The summed E-state index contributed by atoms with van der Waals surface area (Å²) in [6.07, 6.45) is 1.47. The van der Waals surface area contributed by atoms with Gasteiger partial charge in [0.2, 0.25) is 11.9 Å². The fourth-order valence-electron chi connectivity index (χ4n) is 2.57. The van der Waals surface area contributed by atoms with Gasteiger partial charge < -0.3 is 14.8 Å². The summed E-state index contributed by atoms with van der Waals surface area (Å²) < 4.78 is 0. The van der Waals surface area contributed by atoms with Crippen molar-refractivity contribution in [3.8, 4) is 0 Å². The van der Waals surface area contributed by atoms with Crippen molar-refractivity contribution in [3.05, 3.63) is 28.4 Å². The summed E-state index contributed by atoms with van der Waals surface area (Å²) in [6, 6.07) is 1.43. The van der Waals surface area contributed by atoms with Crippen molar-refractivity contribution in [2.45, 2.75) is 24.3 Å². The van der Waals surface area contributed by atoms with E-state index in [-0.39, 0.29) is 16.7 Å². The van der Waals surface area contributed by atoms with Crippen molar-refractivity contribution in [3.63, 3.8) is 0 Å². The highest BCUT2D eigenvalue weighted by Gasteiger charge is 2.26. The first-order chi connectivity index (χ1) is 11.5. The van der Waals surface area contributed by atoms with Crippen molar-refractivity contribution in [2.75, 3.05) is 31.1 Å². The first kappa shape index (κ1) is 16.5. The Morgan fingerprint density at radius 3 is 2.71 bits per heavy atom. The van der Waals surface area contributed by atoms with Crippen LogP contribution in [0.5, 0.6) is 0 Å². The van der Waals surface area contributed by atoms with Crippen molar-refractivity contribution >= 4 is 23.6 Å². The molecule has 1 saturated heterocycles. The van der Waals surface area contributed by atoms with E-state index in [1.165, 1.54) is 24.2 Å². The number of thioether (sulfide) groups is 1. The molecule has 0 spiro atoms. The van der Waals surface area contributed by atoms with Gasteiger partial charge in [-0.2, -0.15) is 10.1 Å². The van der Waals surface area contributed by atoms with Gasteiger partial charge >= 0.3 is 0 Å². The predicted octanol–water partition coefficient (Wildman–Crippen LogP) is 0.0258. The molecular weight excluding hydrogens is 330 g/mol. The zero-order chi connectivity index (χ0) is 17.1. The molecule has 2 N–H and O–H groups in total. The van der Waals surface area contributed by atoms with Gasteiger partial charge in [-0.25, -0.2) is 10.1 Å². The minimum absolute atomic E-state index is 0.0429. The summed E-state index contributed by atoms with van der Waals surface area (Å²) in [5, 5.41) is 6.84. The Labute approximate surface area is 142 Å². The number of H-pyrrole nitrogens is 2. The van der Waals surface area contributed by atoms with Crippen LogP contribution in [0.15, 0.2) is 22.3 Å². The molecule has 2 aromatic rings. The lowest BCUT2D eigenvalue weighted by Gasteiger charge is -2.35. The number of hydrogen-bond donors (Lipinski definition) is 2. The molecule has 1 fully saturated rings. The fourth-order valence-corrected chi connectivity index (χ4v) is 3.51. The Morgan fingerprint density at radius 2 is 2.08 bits per heavy atom. The average molecular weight is 349 g/mol. The van der Waals surface area contributed by atoms with Gasteiger partial charge in [0.1, 0.15) is 6.33 Å². The second-order valence-corrected chi connectivity index (χ2v) is 6.90. The Morgan fingerprint density at radius 1 is 1.33 bits per heavy atom. The number of aromatic amines is 2. The first-order valence-corrected chi connectivity index (χ1v) is 8.54. The van der Waals surface area contributed by atoms with Crippen LogP contribution in [0.1, 0.15) is 12.6 Å². The summed E-state index contributed by atoms with van der Waals surface area (Å²) in [5.41, 5.74) is 0.437. The van der Waals surface area contributed by atoms with Gasteiger partial charge in [-0.15, -0.1) is 0 Å². The lowest BCUT2D eigenvalue weighted by molar-refractivity contribution is -0.130. The van der Waals surface area contributed by atoms with Crippen LogP contribution in [0, 0.1) is 6.92 Å². The van der Waals surface area contributed by atoms with Crippen LogP contribution in [0.3, 0.4) is 0 Å². The maximum atomic E-state index is 12.6. The van der Waals surface area contributed by atoms with Crippen LogP contribution in [0.4, 0.5) is 5.95 Å². The molecule has 0 aliphatic carbocycles. The summed E-state index contributed by atoms with van der Waals surface area (Å²) >= 11 is 1.27. The molecule has 3 heterocycles. The topological polar surface area (TPSA) is 111 Å². The normalized spacial score (nSPS) is 16.2. The number of carbonyl (C=O) groups excluding carboxylic acids is 1. The lowest BCUT2D eigenvalue weighted by atomic mass is 10.3. The number of anilines is 1. The second-order valence-electron chi connectivity index (χ2n) is 5.57. The number of nitrogens with zero attached hydrogens (tertiary/aromatic N) is 5. The van der Waals surface area contributed by atoms with E-state index in [0.717, 1.165) is 5.95 Å². The molecule has 3 rings (SSSR count). The Bertz CT molecular complexity index is 753. The molecule has 0 aromatic carbocycles. The minimum Gasteiger partial charge on any atom is -0.338 e. The largest absolute Gasteiger partial charge is 0.338 e. The number of carbonyl (C=O) groups is 1. The molecule has 2 aromatic heterocycles. The van der Waals surface area contributed by atoms with E-state index in [0.29, 0.717) is 37.0 Å². The van der Waals surface area contributed by atoms with Gasteiger partial charge in [0, 0.05) is 37.9 Å². The summed E-state index contributed by atoms with van der Waals surface area (Å²) in [5.74, 6) is 0.771. The van der Waals surface area contributed by atoms with Gasteiger partial charge in [-0.05, 0) is 13.8 Å². The highest BCUT2D eigenvalue weighted by atomic mass is 32.2. The third-order valence-corrected chi connectivity index (χ3v) is 4.75. The molecule has 9 nitrogen and oxygen atoms in total. The third-order valence-electron chi connectivity index (χ3n) is 3.78. The Balaban J connectivity index is 1.57. The number of rotatable bonds is 4. The fraction of sp³-hybridized carbons (Fsp3) is 0.500. The zero-order valence-corrected chi connectivity index (χ0v) is 14.3. The summed E-state index contributed by atoms with van der Waals surface area (Å²) in [7, 11) is 0. The number of aromatic nitrogens is 5. The predicted molar refractivity (Wildman–Crippen MR) is 90.1 cm³/mol. The van der Waals surface area contributed by atoms with Crippen LogP contribution < -0.4 is 10.5 Å². The van der Waals surface area contributed by atoms with Crippen LogP contribution >= 0.6 is 11.8 Å². The SMILES string of the molecule is Cc1cc(=O)[nH]c(S[C@@H](C)C(=O)N2CCN(c3ncn[nH]3)CC2)n1. The maximum absolute atomic E-state index is 12.6. The van der Waals surface area contributed by atoms with E-state index in [4.69, 9.17) is 0 Å². The lowest BCUT2D eigenvalue weighted by Crippen LogP contribution is -2.51. The molecule has 1 aliphatic heterocycles. The number of aryl methyl sites for hydroxylation is 1. The maximum Gasteiger partial charge on any atom is 0.251 e. The van der Waals surface area contributed by atoms with Crippen LogP contribution in [-0.4, -0.2) is 67.4 Å². The van der Waals surface area contributed by atoms with Crippen molar-refractivity contribution in [1.82, 2.24) is 30.0 Å². The van der Waals surface area contributed by atoms with Gasteiger partial charge in [0.25, 0.3) is 5.56 Å². The molecule has 10 heteroatoms. The smallest absolute Gasteiger partial charge is 0.251 e. The standard InChI is InChI=1S/C14H19N7O2S/c1-9-7-11(22)18-14(17-9)24-10(2)12(23)20-3-5-21(6-4-20)13-15-8-16-19-13/h7-8,10H,3-6H2,1-2H3,(H,15,16,19)(H,17,18,22)/t10-/m0/s1. The van der Waals surface area contributed by atoms with E-state index < -0.39 is 0 Å². The van der Waals surface area contributed by atoms with Crippen molar-refractivity contribution in [2.24, 2.45) is 0 Å². The number of piperazine rings is 1. The van der Waals surface area contributed by atoms with Crippen LogP contribution in [0.25, 0.3) is 0 Å². The molecule has 1 atom stereocenters. The van der Waals surface area contributed by atoms with Gasteiger partial charge in [0.15, 0.2) is 5.16 Å². The molecule has 0 bridgehead atoms. The van der Waals surface area contributed by atoms with Crippen LogP contribution in [-0.2, 0) is 4.79 Å². The molecule has 1 amide bonds. The molecule has 1 aliphatic rings. The molecular formula is C14H19N7O2S. The Hall–Kier alpha value is -2.36. The molecule has 24 heavy (non-hydrogen) atoms. The highest BCUT2D eigenvalue weighted by molar-refractivity contribution is 8.00. The number of hydrogen-bond acceptors (Lipinski definition) is 7. The van der Waals surface area contributed by atoms with Crippen LogP contribution in [0.2, 0.25) is 0 Å². The quantitative estimate of drug-likeness (QED) is 0.591. The minimum atomic E-state index is -0.313. The third kappa shape index (κ3) is 3.75. The second kappa shape index (κ2) is 7.04. The van der Waals surface area contributed by atoms with Gasteiger partial charge in [-0.1, -0.05) is 11.8 Å². The molecule has 0 radical (unpaired) electrons. The number of amides is 1. The molecule has 128 valence electrons. The first-order valence-electron chi connectivity index (χ1n) is 7.66.